The minimum Gasteiger partial charge on any atom is -0.502 e. The average Bonchev–Trinajstić information content (AvgIpc) is 2.59. The zero-order chi connectivity index (χ0) is 17.5. The number of phenolic OH excluding ortho intramolecular Hbond substituents is 1. The Morgan fingerprint density at radius 2 is 1.62 bits per heavy atom. The lowest BCUT2D eigenvalue weighted by Crippen LogP contribution is -1.95. The summed E-state index contributed by atoms with van der Waals surface area (Å²) in [6, 6.07) is 9.34. The molecule has 2 rings (SSSR count). The van der Waals surface area contributed by atoms with Crippen molar-refractivity contribution in [3.8, 4) is 28.7 Å². The fraction of sp³-hybridized carbons (Fsp3) is 0.300. The standard InChI is InChI=1S/C20H24O4/c1-5-7-14-9-10-16(17(11-14)22-3)24-19-13-15(8-6-2)12-18(23-4)20(19)21/h5,9-13,21H,1,6-8H2,2-4H3. The quantitative estimate of drug-likeness (QED) is 0.701. The molecular formula is C20H24O4. The van der Waals surface area contributed by atoms with Crippen LogP contribution in [-0.2, 0) is 12.8 Å². The Kier molecular flexibility index (Phi) is 6.13. The number of methoxy groups -OCH3 is 2. The van der Waals surface area contributed by atoms with Crippen LogP contribution >= 0.6 is 0 Å². The molecule has 0 aliphatic rings. The Balaban J connectivity index is 2.39. The van der Waals surface area contributed by atoms with E-state index in [1.165, 1.54) is 7.11 Å². The van der Waals surface area contributed by atoms with E-state index in [0.717, 1.165) is 30.4 Å². The van der Waals surface area contributed by atoms with Gasteiger partial charge in [-0.2, -0.15) is 0 Å². The largest absolute Gasteiger partial charge is 0.502 e. The number of hydrogen-bond donors (Lipinski definition) is 1. The molecule has 2 aromatic rings. The zero-order valence-electron chi connectivity index (χ0n) is 14.5. The number of aryl methyl sites for hydroxylation is 1. The van der Waals surface area contributed by atoms with Crippen LogP contribution < -0.4 is 14.2 Å². The molecule has 0 aliphatic carbocycles. The molecule has 1 N–H and O–H groups in total. The summed E-state index contributed by atoms with van der Waals surface area (Å²) in [5.41, 5.74) is 2.13. The van der Waals surface area contributed by atoms with Crippen molar-refractivity contribution in [2.24, 2.45) is 0 Å². The molecule has 0 amide bonds. The van der Waals surface area contributed by atoms with E-state index in [9.17, 15) is 5.11 Å². The SMILES string of the molecule is C=CCc1ccc(Oc2cc(CCC)cc(OC)c2O)c(OC)c1. The highest BCUT2D eigenvalue weighted by molar-refractivity contribution is 5.55. The second kappa shape index (κ2) is 8.29. The van der Waals surface area contributed by atoms with Gasteiger partial charge in [-0.15, -0.1) is 6.58 Å². The van der Waals surface area contributed by atoms with Crippen LogP contribution in [0, 0.1) is 0 Å². The minimum atomic E-state index is -0.0189. The average molecular weight is 328 g/mol. The molecule has 4 heteroatoms. The molecule has 0 fully saturated rings. The molecule has 0 unspecified atom stereocenters. The van der Waals surface area contributed by atoms with Crippen molar-refractivity contribution in [2.75, 3.05) is 14.2 Å². The summed E-state index contributed by atoms with van der Waals surface area (Å²) in [6.45, 7) is 5.84. The number of benzene rings is 2. The van der Waals surface area contributed by atoms with Gasteiger partial charge in [0, 0.05) is 0 Å². The summed E-state index contributed by atoms with van der Waals surface area (Å²) in [6.07, 6.45) is 4.46. The predicted molar refractivity (Wildman–Crippen MR) is 95.6 cm³/mol. The Morgan fingerprint density at radius 3 is 2.25 bits per heavy atom. The van der Waals surface area contributed by atoms with E-state index in [-0.39, 0.29) is 5.75 Å². The van der Waals surface area contributed by atoms with Gasteiger partial charge in [0.1, 0.15) is 0 Å². The maximum atomic E-state index is 10.3. The van der Waals surface area contributed by atoms with Gasteiger partial charge in [0.05, 0.1) is 14.2 Å². The van der Waals surface area contributed by atoms with Crippen LogP contribution in [0.4, 0.5) is 0 Å². The number of allylic oxidation sites excluding steroid dienone is 1. The lowest BCUT2D eigenvalue weighted by molar-refractivity contribution is 0.343. The second-order valence-corrected chi connectivity index (χ2v) is 5.47. The summed E-state index contributed by atoms with van der Waals surface area (Å²) < 4.78 is 16.6. The summed E-state index contributed by atoms with van der Waals surface area (Å²) >= 11 is 0. The first-order valence-electron chi connectivity index (χ1n) is 7.98. The lowest BCUT2D eigenvalue weighted by Gasteiger charge is -2.15. The summed E-state index contributed by atoms with van der Waals surface area (Å²) in [4.78, 5) is 0. The lowest BCUT2D eigenvalue weighted by atomic mass is 10.1. The molecule has 0 saturated carbocycles. The molecular weight excluding hydrogens is 304 g/mol. The molecule has 2 aromatic carbocycles. The van der Waals surface area contributed by atoms with Crippen molar-refractivity contribution >= 4 is 0 Å². The Morgan fingerprint density at radius 1 is 0.958 bits per heavy atom. The Labute approximate surface area is 143 Å². The van der Waals surface area contributed by atoms with Crippen molar-refractivity contribution in [2.45, 2.75) is 26.2 Å². The highest BCUT2D eigenvalue weighted by Gasteiger charge is 2.15. The third kappa shape index (κ3) is 4.02. The molecule has 0 spiro atoms. The van der Waals surface area contributed by atoms with Crippen LogP contribution in [0.1, 0.15) is 24.5 Å². The number of aromatic hydroxyl groups is 1. The van der Waals surface area contributed by atoms with Crippen LogP contribution in [0.25, 0.3) is 0 Å². The maximum Gasteiger partial charge on any atom is 0.201 e. The Bertz CT molecular complexity index is 707. The van der Waals surface area contributed by atoms with E-state index >= 15 is 0 Å². The van der Waals surface area contributed by atoms with Crippen LogP contribution in [0.2, 0.25) is 0 Å². The fourth-order valence-electron chi connectivity index (χ4n) is 2.51. The first-order valence-corrected chi connectivity index (χ1v) is 7.98. The molecule has 4 nitrogen and oxygen atoms in total. The van der Waals surface area contributed by atoms with Gasteiger partial charge >= 0.3 is 0 Å². The van der Waals surface area contributed by atoms with Crippen LogP contribution in [0.5, 0.6) is 28.7 Å². The van der Waals surface area contributed by atoms with Crippen molar-refractivity contribution < 1.29 is 19.3 Å². The van der Waals surface area contributed by atoms with Gasteiger partial charge in [-0.25, -0.2) is 0 Å². The van der Waals surface area contributed by atoms with Gasteiger partial charge in [-0.3, -0.25) is 0 Å². The van der Waals surface area contributed by atoms with Gasteiger partial charge < -0.3 is 19.3 Å². The molecule has 0 radical (unpaired) electrons. The number of ether oxygens (including phenoxy) is 3. The predicted octanol–water partition coefficient (Wildman–Crippen LogP) is 4.88. The second-order valence-electron chi connectivity index (χ2n) is 5.47. The van der Waals surface area contributed by atoms with Crippen molar-refractivity contribution in [3.63, 3.8) is 0 Å². The van der Waals surface area contributed by atoms with Crippen molar-refractivity contribution in [1.29, 1.82) is 0 Å². The topological polar surface area (TPSA) is 47.9 Å². The van der Waals surface area contributed by atoms with Gasteiger partial charge in [0.2, 0.25) is 5.75 Å². The fourth-order valence-corrected chi connectivity index (χ4v) is 2.51. The highest BCUT2D eigenvalue weighted by atomic mass is 16.5. The van der Waals surface area contributed by atoms with E-state index in [4.69, 9.17) is 14.2 Å². The normalized spacial score (nSPS) is 10.3. The molecule has 0 saturated heterocycles. The Hall–Kier alpha value is -2.62. The number of rotatable bonds is 8. The minimum absolute atomic E-state index is 0.0189. The maximum absolute atomic E-state index is 10.3. The zero-order valence-corrected chi connectivity index (χ0v) is 14.5. The third-order valence-electron chi connectivity index (χ3n) is 3.69. The van der Waals surface area contributed by atoms with Crippen LogP contribution in [0.3, 0.4) is 0 Å². The molecule has 128 valence electrons. The van der Waals surface area contributed by atoms with Gasteiger partial charge in [0.25, 0.3) is 0 Å². The van der Waals surface area contributed by atoms with Crippen LogP contribution in [0.15, 0.2) is 43.0 Å². The molecule has 24 heavy (non-hydrogen) atoms. The third-order valence-corrected chi connectivity index (χ3v) is 3.69. The first kappa shape index (κ1) is 17.7. The van der Waals surface area contributed by atoms with Gasteiger partial charge in [-0.1, -0.05) is 25.5 Å². The first-order chi connectivity index (χ1) is 11.6. The van der Waals surface area contributed by atoms with Gasteiger partial charge in [0.15, 0.2) is 23.0 Å². The van der Waals surface area contributed by atoms with Crippen LogP contribution in [-0.4, -0.2) is 19.3 Å². The van der Waals surface area contributed by atoms with E-state index in [1.54, 1.807) is 7.11 Å². The summed E-state index contributed by atoms with van der Waals surface area (Å²) in [5, 5.41) is 10.3. The van der Waals surface area contributed by atoms with E-state index in [2.05, 4.69) is 13.5 Å². The summed E-state index contributed by atoms with van der Waals surface area (Å²) in [5.74, 6) is 1.88. The van der Waals surface area contributed by atoms with Gasteiger partial charge in [-0.05, 0) is 48.2 Å². The van der Waals surface area contributed by atoms with E-state index in [1.807, 2.05) is 36.4 Å². The summed E-state index contributed by atoms with van der Waals surface area (Å²) in [7, 11) is 3.12. The van der Waals surface area contributed by atoms with E-state index in [0.29, 0.717) is 23.0 Å². The highest BCUT2D eigenvalue weighted by Crippen LogP contribution is 2.42. The molecule has 0 heterocycles. The molecule has 0 aromatic heterocycles. The van der Waals surface area contributed by atoms with Crippen molar-refractivity contribution in [3.05, 3.63) is 54.1 Å². The molecule has 0 atom stereocenters. The monoisotopic (exact) mass is 328 g/mol. The number of hydrogen-bond acceptors (Lipinski definition) is 4. The van der Waals surface area contributed by atoms with E-state index < -0.39 is 0 Å². The number of phenols is 1. The molecule has 0 bridgehead atoms. The smallest absolute Gasteiger partial charge is 0.201 e. The molecule has 0 aliphatic heterocycles. The van der Waals surface area contributed by atoms with Crippen molar-refractivity contribution in [1.82, 2.24) is 0 Å².